The van der Waals surface area contributed by atoms with Crippen LogP contribution in [0.3, 0.4) is 0 Å². The lowest BCUT2D eigenvalue weighted by atomic mass is 10.3. The summed E-state index contributed by atoms with van der Waals surface area (Å²) in [5.41, 5.74) is -0.283. The van der Waals surface area contributed by atoms with Gasteiger partial charge in [0.25, 0.3) is 9.05 Å². The van der Waals surface area contributed by atoms with E-state index in [1.54, 1.807) is 0 Å². The van der Waals surface area contributed by atoms with Crippen LogP contribution in [-0.4, -0.2) is 13.6 Å². The maximum atomic E-state index is 12.2. The molecule has 18 heavy (non-hydrogen) atoms. The predicted molar refractivity (Wildman–Crippen MR) is 52.2 cm³/mol. The maximum absolute atomic E-state index is 12.2. The van der Waals surface area contributed by atoms with Crippen molar-refractivity contribution in [1.82, 2.24) is 5.16 Å². The molecular weight excluding hydrogens is 299 g/mol. The van der Waals surface area contributed by atoms with Crippen LogP contribution in [0, 0.1) is 0 Å². The molecule has 0 aromatic carbocycles. The standard InChI is InChI=1S/C8H3ClF3NO4S/c9-18(14,15)7-2-1-5(16-7)4-3-6(17-13-4)8(10,11)12/h1-3H. The zero-order valence-corrected chi connectivity index (χ0v) is 9.80. The van der Waals surface area contributed by atoms with E-state index in [1.165, 1.54) is 0 Å². The summed E-state index contributed by atoms with van der Waals surface area (Å²) in [4.78, 5) is 0. The molecule has 2 aromatic heterocycles. The topological polar surface area (TPSA) is 73.3 Å². The molecule has 98 valence electrons. The van der Waals surface area contributed by atoms with Crippen molar-refractivity contribution in [2.24, 2.45) is 0 Å². The van der Waals surface area contributed by atoms with E-state index in [-0.39, 0.29) is 11.5 Å². The first kappa shape index (κ1) is 13.0. The van der Waals surface area contributed by atoms with Crippen molar-refractivity contribution in [3.8, 4) is 11.5 Å². The fourth-order valence-corrected chi connectivity index (χ4v) is 1.78. The van der Waals surface area contributed by atoms with Crippen LogP contribution in [0.25, 0.3) is 11.5 Å². The Morgan fingerprint density at radius 3 is 2.39 bits per heavy atom. The van der Waals surface area contributed by atoms with Gasteiger partial charge in [-0.05, 0) is 12.1 Å². The highest BCUT2D eigenvalue weighted by atomic mass is 35.7. The van der Waals surface area contributed by atoms with Gasteiger partial charge in [0.05, 0.1) is 0 Å². The molecule has 0 amide bonds. The molecule has 0 aliphatic rings. The fraction of sp³-hybridized carbons (Fsp3) is 0.125. The van der Waals surface area contributed by atoms with E-state index in [1.807, 2.05) is 0 Å². The Kier molecular flexibility index (Phi) is 2.90. The van der Waals surface area contributed by atoms with Crippen LogP contribution in [0.4, 0.5) is 13.2 Å². The molecule has 2 rings (SSSR count). The van der Waals surface area contributed by atoms with Crippen molar-refractivity contribution in [1.29, 1.82) is 0 Å². The van der Waals surface area contributed by atoms with Gasteiger partial charge in [0, 0.05) is 16.7 Å². The Hall–Kier alpha value is -1.48. The summed E-state index contributed by atoms with van der Waals surface area (Å²) < 4.78 is 67.3. The van der Waals surface area contributed by atoms with Gasteiger partial charge in [-0.25, -0.2) is 8.42 Å². The van der Waals surface area contributed by atoms with E-state index in [0.717, 1.165) is 12.1 Å². The monoisotopic (exact) mass is 301 g/mol. The van der Waals surface area contributed by atoms with Crippen LogP contribution >= 0.6 is 10.7 Å². The maximum Gasteiger partial charge on any atom is 0.452 e. The molecule has 0 fully saturated rings. The van der Waals surface area contributed by atoms with Crippen molar-refractivity contribution in [2.75, 3.05) is 0 Å². The lowest BCUT2D eigenvalue weighted by Gasteiger charge is -1.97. The van der Waals surface area contributed by atoms with Gasteiger partial charge in [-0.2, -0.15) is 13.2 Å². The third kappa shape index (κ3) is 2.51. The van der Waals surface area contributed by atoms with E-state index >= 15 is 0 Å². The molecular formula is C8H3ClF3NO4S. The molecule has 2 aromatic rings. The van der Waals surface area contributed by atoms with E-state index < -0.39 is 26.1 Å². The molecule has 0 N–H and O–H groups in total. The molecule has 0 saturated heterocycles. The highest BCUT2D eigenvalue weighted by Crippen LogP contribution is 2.33. The van der Waals surface area contributed by atoms with Gasteiger partial charge >= 0.3 is 6.18 Å². The molecule has 10 heteroatoms. The number of hydrogen-bond donors (Lipinski definition) is 0. The molecule has 0 aliphatic heterocycles. The third-order valence-corrected chi connectivity index (χ3v) is 3.02. The number of rotatable bonds is 2. The van der Waals surface area contributed by atoms with Crippen LogP contribution in [0.2, 0.25) is 0 Å². The minimum atomic E-state index is -4.68. The van der Waals surface area contributed by atoms with Gasteiger partial charge < -0.3 is 8.94 Å². The molecule has 0 spiro atoms. The van der Waals surface area contributed by atoms with E-state index in [4.69, 9.17) is 15.1 Å². The van der Waals surface area contributed by atoms with Crippen LogP contribution in [0.5, 0.6) is 0 Å². The van der Waals surface area contributed by atoms with Crippen molar-refractivity contribution in [3.63, 3.8) is 0 Å². The summed E-state index contributed by atoms with van der Waals surface area (Å²) in [7, 11) is 0.905. The Bertz CT molecular complexity index is 673. The molecule has 0 atom stereocenters. The lowest BCUT2D eigenvalue weighted by Crippen LogP contribution is -2.02. The average Bonchev–Trinajstić information content (AvgIpc) is 2.84. The third-order valence-electron chi connectivity index (χ3n) is 1.86. The normalized spacial score (nSPS) is 12.9. The Morgan fingerprint density at radius 1 is 1.28 bits per heavy atom. The molecule has 5 nitrogen and oxygen atoms in total. The first-order chi connectivity index (χ1) is 8.18. The molecule has 2 heterocycles. The zero-order chi connectivity index (χ0) is 13.6. The molecule has 0 radical (unpaired) electrons. The van der Waals surface area contributed by atoms with Gasteiger partial charge in [0.1, 0.15) is 5.69 Å². The summed E-state index contributed by atoms with van der Waals surface area (Å²) in [6.07, 6.45) is -4.68. The van der Waals surface area contributed by atoms with Gasteiger partial charge in [-0.15, -0.1) is 0 Å². The number of nitrogens with zero attached hydrogens (tertiary/aromatic N) is 1. The largest absolute Gasteiger partial charge is 0.452 e. The summed E-state index contributed by atoms with van der Waals surface area (Å²) in [6.45, 7) is 0. The highest BCUT2D eigenvalue weighted by Gasteiger charge is 2.36. The number of aromatic nitrogens is 1. The van der Waals surface area contributed by atoms with Gasteiger partial charge in [0.2, 0.25) is 10.9 Å². The average molecular weight is 302 g/mol. The highest BCUT2D eigenvalue weighted by molar-refractivity contribution is 8.13. The molecule has 0 bridgehead atoms. The van der Waals surface area contributed by atoms with Crippen molar-refractivity contribution in [2.45, 2.75) is 11.3 Å². The van der Waals surface area contributed by atoms with Gasteiger partial charge in [-0.1, -0.05) is 5.16 Å². The minimum Gasteiger partial charge on any atom is -0.442 e. The summed E-state index contributed by atoms with van der Waals surface area (Å²) in [5.74, 6) is -1.52. The van der Waals surface area contributed by atoms with Crippen molar-refractivity contribution in [3.05, 3.63) is 24.0 Å². The van der Waals surface area contributed by atoms with Gasteiger partial charge in [0.15, 0.2) is 5.76 Å². The van der Waals surface area contributed by atoms with Gasteiger partial charge in [-0.3, -0.25) is 0 Å². The zero-order valence-electron chi connectivity index (χ0n) is 8.23. The quantitative estimate of drug-likeness (QED) is 0.797. The first-order valence-corrected chi connectivity index (χ1v) is 6.57. The van der Waals surface area contributed by atoms with Crippen molar-refractivity contribution < 1.29 is 30.5 Å². The van der Waals surface area contributed by atoms with E-state index in [2.05, 4.69) is 9.68 Å². The lowest BCUT2D eigenvalue weighted by molar-refractivity contribution is -0.155. The Balaban J connectivity index is 2.39. The van der Waals surface area contributed by atoms with Crippen LogP contribution in [0.15, 0.2) is 32.2 Å². The fourth-order valence-electron chi connectivity index (χ4n) is 1.11. The second-order valence-corrected chi connectivity index (χ2v) is 5.63. The van der Waals surface area contributed by atoms with Crippen molar-refractivity contribution >= 4 is 19.7 Å². The number of hydrogen-bond acceptors (Lipinski definition) is 5. The number of halogens is 4. The molecule has 0 unspecified atom stereocenters. The number of furan rings is 1. The summed E-state index contributed by atoms with van der Waals surface area (Å²) >= 11 is 0. The Morgan fingerprint density at radius 2 is 1.94 bits per heavy atom. The SMILES string of the molecule is O=S(=O)(Cl)c1ccc(-c2cc(C(F)(F)F)on2)o1. The summed E-state index contributed by atoms with van der Waals surface area (Å²) in [6, 6.07) is 2.70. The predicted octanol–water partition coefficient (Wildman–Crippen LogP) is 2.88. The van der Waals surface area contributed by atoms with Crippen LogP contribution in [0.1, 0.15) is 5.76 Å². The first-order valence-electron chi connectivity index (χ1n) is 4.27. The Labute approximate surface area is 103 Å². The molecule has 0 saturated carbocycles. The van der Waals surface area contributed by atoms with E-state index in [0.29, 0.717) is 6.07 Å². The number of alkyl halides is 3. The second-order valence-electron chi connectivity index (χ2n) is 3.13. The minimum absolute atomic E-state index is 0.200. The smallest absolute Gasteiger partial charge is 0.442 e. The van der Waals surface area contributed by atoms with E-state index in [9.17, 15) is 21.6 Å². The van der Waals surface area contributed by atoms with Crippen LogP contribution in [-0.2, 0) is 15.2 Å². The van der Waals surface area contributed by atoms with Crippen LogP contribution < -0.4 is 0 Å². The second kappa shape index (κ2) is 4.02. The summed E-state index contributed by atoms with van der Waals surface area (Å²) in [5, 5.41) is 2.53. The molecule has 0 aliphatic carbocycles.